The van der Waals surface area contributed by atoms with Crippen molar-refractivity contribution in [2.24, 2.45) is 5.92 Å². The van der Waals surface area contributed by atoms with Crippen LogP contribution in [-0.4, -0.2) is 22.5 Å². The summed E-state index contributed by atoms with van der Waals surface area (Å²) in [6.45, 7) is 0. The molecule has 3 heteroatoms. The molecule has 104 valence electrons. The van der Waals surface area contributed by atoms with Gasteiger partial charge in [0.1, 0.15) is 5.78 Å². The molecule has 2 aliphatic heterocycles. The van der Waals surface area contributed by atoms with Gasteiger partial charge in [-0.15, -0.1) is 11.8 Å². The summed E-state index contributed by atoms with van der Waals surface area (Å²) in [5, 5.41) is 0.471. The molecular formula is C17H18OS2. The van der Waals surface area contributed by atoms with Crippen molar-refractivity contribution < 1.29 is 4.79 Å². The Morgan fingerprint density at radius 1 is 1.10 bits per heavy atom. The van der Waals surface area contributed by atoms with Gasteiger partial charge in [-0.25, -0.2) is 0 Å². The van der Waals surface area contributed by atoms with Gasteiger partial charge in [0.15, 0.2) is 0 Å². The van der Waals surface area contributed by atoms with Crippen LogP contribution in [0, 0.1) is 5.92 Å². The summed E-state index contributed by atoms with van der Waals surface area (Å²) < 4.78 is 0. The predicted molar refractivity (Wildman–Crippen MR) is 88.1 cm³/mol. The molecule has 0 N–H and O–H groups in total. The molecule has 0 bridgehead atoms. The Hall–Kier alpha value is -0.670. The smallest absolute Gasteiger partial charge is 0.139 e. The fourth-order valence-corrected chi connectivity index (χ4v) is 6.79. The molecule has 0 spiro atoms. The van der Waals surface area contributed by atoms with E-state index in [2.05, 4.69) is 24.3 Å². The molecule has 0 saturated carbocycles. The third-order valence-electron chi connectivity index (χ3n) is 4.62. The molecule has 0 amide bonds. The summed E-state index contributed by atoms with van der Waals surface area (Å²) in [5.74, 6) is 2.79. The van der Waals surface area contributed by atoms with Crippen molar-refractivity contribution in [2.45, 2.75) is 30.9 Å². The highest BCUT2D eigenvalue weighted by Gasteiger charge is 2.39. The van der Waals surface area contributed by atoms with Crippen molar-refractivity contribution >= 4 is 34.2 Å². The zero-order valence-electron chi connectivity index (χ0n) is 11.4. The lowest BCUT2D eigenvalue weighted by Crippen LogP contribution is -2.36. The largest absolute Gasteiger partial charge is 0.299 e. The first kappa shape index (κ1) is 13.0. The average Bonchev–Trinajstić information content (AvgIpc) is 2.67. The molecule has 0 aromatic heterocycles. The minimum atomic E-state index is 0.280. The molecule has 4 rings (SSSR count). The highest BCUT2D eigenvalue weighted by molar-refractivity contribution is 8.08. The minimum absolute atomic E-state index is 0.280. The number of thioether (sulfide) groups is 2. The lowest BCUT2D eigenvalue weighted by Gasteiger charge is -2.36. The van der Waals surface area contributed by atoms with Crippen molar-refractivity contribution in [1.82, 2.24) is 0 Å². The number of fused-ring (bicyclic) bond motifs is 4. The first-order valence-corrected chi connectivity index (χ1v) is 9.46. The molecule has 3 aliphatic rings. The monoisotopic (exact) mass is 302 g/mol. The number of hydrogen-bond donors (Lipinski definition) is 0. The van der Waals surface area contributed by atoms with Crippen molar-refractivity contribution in [3.8, 4) is 0 Å². The number of benzene rings is 1. The second-order valence-electron chi connectivity index (χ2n) is 5.79. The number of aryl methyl sites for hydroxylation is 1. The fraction of sp³-hybridized carbons (Fsp3) is 0.471. The molecule has 2 heterocycles. The number of hydrogen-bond acceptors (Lipinski definition) is 3. The van der Waals surface area contributed by atoms with Gasteiger partial charge in [-0.1, -0.05) is 24.3 Å². The fourth-order valence-electron chi connectivity index (χ4n) is 3.61. The Labute approximate surface area is 128 Å². The van der Waals surface area contributed by atoms with Crippen LogP contribution in [0.25, 0.3) is 4.91 Å². The van der Waals surface area contributed by atoms with Gasteiger partial charge in [0, 0.05) is 34.0 Å². The zero-order chi connectivity index (χ0) is 13.5. The number of carbonyl (C=O) groups excluding carboxylic acids is 1. The number of carbonyl (C=O) groups is 1. The van der Waals surface area contributed by atoms with Crippen LogP contribution in [0.1, 0.15) is 30.4 Å². The molecule has 2 atom stereocenters. The van der Waals surface area contributed by atoms with Crippen LogP contribution in [0.3, 0.4) is 0 Å². The lowest BCUT2D eigenvalue weighted by molar-refractivity contribution is -0.121. The van der Waals surface area contributed by atoms with E-state index in [-0.39, 0.29) is 5.92 Å². The molecule has 1 fully saturated rings. The van der Waals surface area contributed by atoms with Gasteiger partial charge in [-0.05, 0) is 36.0 Å². The summed E-state index contributed by atoms with van der Waals surface area (Å²) in [5.41, 5.74) is 4.52. The highest BCUT2D eigenvalue weighted by Crippen LogP contribution is 2.50. The Kier molecular flexibility index (Phi) is 3.43. The van der Waals surface area contributed by atoms with Crippen LogP contribution in [0.2, 0.25) is 0 Å². The van der Waals surface area contributed by atoms with Crippen LogP contribution < -0.4 is 0 Å². The van der Waals surface area contributed by atoms with Gasteiger partial charge in [-0.3, -0.25) is 4.79 Å². The van der Waals surface area contributed by atoms with E-state index in [1.807, 2.05) is 23.5 Å². The quantitative estimate of drug-likeness (QED) is 0.716. The van der Waals surface area contributed by atoms with Gasteiger partial charge >= 0.3 is 0 Å². The number of ketones is 1. The third kappa shape index (κ3) is 2.06. The van der Waals surface area contributed by atoms with Crippen molar-refractivity contribution in [3.05, 3.63) is 41.0 Å². The van der Waals surface area contributed by atoms with Crippen LogP contribution >= 0.6 is 23.5 Å². The second-order valence-corrected chi connectivity index (χ2v) is 8.07. The van der Waals surface area contributed by atoms with E-state index in [4.69, 9.17) is 0 Å². The average molecular weight is 302 g/mol. The minimum Gasteiger partial charge on any atom is -0.299 e. The van der Waals surface area contributed by atoms with Crippen molar-refractivity contribution in [2.75, 3.05) is 11.5 Å². The van der Waals surface area contributed by atoms with E-state index >= 15 is 0 Å². The van der Waals surface area contributed by atoms with Gasteiger partial charge in [0.25, 0.3) is 0 Å². The molecule has 1 nitrogen and oxygen atoms in total. The Morgan fingerprint density at radius 3 is 2.95 bits per heavy atom. The molecule has 20 heavy (non-hydrogen) atoms. The lowest BCUT2D eigenvalue weighted by atomic mass is 9.91. The second kappa shape index (κ2) is 5.27. The Balaban J connectivity index is 1.81. The summed E-state index contributed by atoms with van der Waals surface area (Å²) in [6.07, 6.45) is 4.37. The normalized spacial score (nSPS) is 29.3. The van der Waals surface area contributed by atoms with E-state index in [0.717, 1.165) is 17.9 Å². The molecule has 0 radical (unpaired) electrons. The molecule has 1 saturated heterocycles. The molecule has 1 aromatic rings. The van der Waals surface area contributed by atoms with E-state index in [9.17, 15) is 4.79 Å². The zero-order valence-corrected chi connectivity index (χ0v) is 13.1. The summed E-state index contributed by atoms with van der Waals surface area (Å²) in [7, 11) is 0. The van der Waals surface area contributed by atoms with Crippen molar-refractivity contribution in [1.29, 1.82) is 0 Å². The summed E-state index contributed by atoms with van der Waals surface area (Å²) in [4.78, 5) is 13.7. The molecule has 1 aromatic carbocycles. The van der Waals surface area contributed by atoms with Gasteiger partial charge < -0.3 is 0 Å². The Bertz CT molecular complexity index is 590. The van der Waals surface area contributed by atoms with Crippen LogP contribution in [-0.2, 0) is 11.2 Å². The third-order valence-corrected chi connectivity index (χ3v) is 7.33. The van der Waals surface area contributed by atoms with E-state index in [1.54, 1.807) is 5.57 Å². The van der Waals surface area contributed by atoms with Gasteiger partial charge in [0.2, 0.25) is 0 Å². The summed E-state index contributed by atoms with van der Waals surface area (Å²) in [6, 6.07) is 8.86. The van der Waals surface area contributed by atoms with Crippen LogP contribution in [0.5, 0.6) is 0 Å². The van der Waals surface area contributed by atoms with Gasteiger partial charge in [0.05, 0.1) is 0 Å². The standard InChI is InChI=1S/C17H18OS2/c18-15-8-9-19-17-13-7-3-5-11-4-1-2-6-12(11)16(13)20-10-14(15)17/h1-2,4,6,14,17H,3,5,7-10H2. The SMILES string of the molecule is O=C1CCSC2C3=C(SCC12)c1ccccc1CCC3. The molecule has 2 unspecified atom stereocenters. The van der Waals surface area contributed by atoms with Crippen LogP contribution in [0.15, 0.2) is 29.8 Å². The first-order chi connectivity index (χ1) is 9.84. The maximum Gasteiger partial charge on any atom is 0.139 e. The number of rotatable bonds is 0. The van der Waals surface area contributed by atoms with Crippen LogP contribution in [0.4, 0.5) is 0 Å². The Morgan fingerprint density at radius 2 is 2.00 bits per heavy atom. The van der Waals surface area contributed by atoms with Crippen molar-refractivity contribution in [3.63, 3.8) is 0 Å². The van der Waals surface area contributed by atoms with E-state index < -0.39 is 0 Å². The first-order valence-electron chi connectivity index (χ1n) is 7.43. The number of Topliss-reactive ketones (excluding diaryl/α,β-unsaturated/α-hetero) is 1. The topological polar surface area (TPSA) is 17.1 Å². The molecule has 1 aliphatic carbocycles. The molecular weight excluding hydrogens is 284 g/mol. The van der Waals surface area contributed by atoms with E-state index in [1.165, 1.54) is 35.3 Å². The van der Waals surface area contributed by atoms with E-state index in [0.29, 0.717) is 11.0 Å². The highest BCUT2D eigenvalue weighted by atomic mass is 32.2. The predicted octanol–water partition coefficient (Wildman–Crippen LogP) is 4.17. The summed E-state index contributed by atoms with van der Waals surface area (Å²) >= 11 is 3.97. The maximum atomic E-state index is 12.2. The maximum absolute atomic E-state index is 12.2. The van der Waals surface area contributed by atoms with Gasteiger partial charge in [-0.2, -0.15) is 11.8 Å².